The molecule has 1 N–H and O–H groups in total. The van der Waals surface area contributed by atoms with Crippen molar-refractivity contribution in [2.45, 2.75) is 0 Å². The molecule has 0 bridgehead atoms. The molecule has 3 aromatic rings. The molecule has 0 atom stereocenters. The van der Waals surface area contributed by atoms with E-state index in [-0.39, 0.29) is 0 Å². The topological polar surface area (TPSA) is 41.6 Å². The van der Waals surface area contributed by atoms with Crippen LogP contribution >= 0.6 is 23.6 Å². The zero-order valence-electron chi connectivity index (χ0n) is 8.18. The number of benzene rings is 1. The van der Waals surface area contributed by atoms with Crippen molar-refractivity contribution in [3.8, 4) is 10.6 Å². The number of H-pyrrole nitrogens is 1. The molecule has 16 heavy (non-hydrogen) atoms. The van der Waals surface area contributed by atoms with Gasteiger partial charge in [-0.3, -0.25) is 10.1 Å². The average Bonchev–Trinajstić information content (AvgIpc) is 2.75. The molecule has 3 rings (SSSR count). The molecule has 0 fully saturated rings. The van der Waals surface area contributed by atoms with Gasteiger partial charge < -0.3 is 0 Å². The third-order valence-corrected chi connectivity index (χ3v) is 3.43. The van der Waals surface area contributed by atoms with Gasteiger partial charge in [0, 0.05) is 17.1 Å². The summed E-state index contributed by atoms with van der Waals surface area (Å²) >= 11 is 6.49. The molecule has 0 aliphatic heterocycles. The molecule has 2 aromatic heterocycles. The van der Waals surface area contributed by atoms with Gasteiger partial charge in [0.05, 0.1) is 5.52 Å². The Morgan fingerprint density at radius 1 is 1.25 bits per heavy atom. The molecule has 5 heteroatoms. The first-order valence-electron chi connectivity index (χ1n) is 4.73. The van der Waals surface area contributed by atoms with E-state index < -0.39 is 0 Å². The van der Waals surface area contributed by atoms with Gasteiger partial charge in [-0.25, -0.2) is 0 Å². The van der Waals surface area contributed by atoms with Crippen molar-refractivity contribution in [1.82, 2.24) is 15.2 Å². The minimum atomic E-state index is 0.696. The summed E-state index contributed by atoms with van der Waals surface area (Å²) < 4.78 is 0.696. The highest BCUT2D eigenvalue weighted by Crippen LogP contribution is 2.24. The zero-order valence-corrected chi connectivity index (χ0v) is 9.81. The number of rotatable bonds is 1. The average molecular weight is 245 g/mol. The van der Waals surface area contributed by atoms with Crippen LogP contribution in [0, 0.1) is 3.95 Å². The van der Waals surface area contributed by atoms with Crippen LogP contribution in [0.15, 0.2) is 36.5 Å². The monoisotopic (exact) mass is 245 g/mol. The van der Waals surface area contributed by atoms with Gasteiger partial charge >= 0.3 is 0 Å². The lowest BCUT2D eigenvalue weighted by molar-refractivity contribution is 1.08. The Balaban J connectivity index is 2.22. The van der Waals surface area contributed by atoms with Crippen molar-refractivity contribution >= 4 is 34.5 Å². The maximum atomic E-state index is 5.02. The SMILES string of the molecule is S=c1[nH]nc(-c2ccc3ncccc3c2)s1. The fourth-order valence-electron chi connectivity index (χ4n) is 1.56. The van der Waals surface area contributed by atoms with Gasteiger partial charge in [-0.15, -0.1) is 0 Å². The second kappa shape index (κ2) is 3.77. The summed E-state index contributed by atoms with van der Waals surface area (Å²) in [6, 6.07) is 10.0. The number of nitrogens with one attached hydrogen (secondary N) is 1. The van der Waals surface area contributed by atoms with Crippen LogP contribution in [0.1, 0.15) is 0 Å². The van der Waals surface area contributed by atoms with Crippen molar-refractivity contribution in [1.29, 1.82) is 0 Å². The Morgan fingerprint density at radius 3 is 3.00 bits per heavy atom. The first kappa shape index (κ1) is 9.62. The number of aromatic nitrogens is 3. The Hall–Kier alpha value is -1.59. The Morgan fingerprint density at radius 2 is 2.19 bits per heavy atom. The van der Waals surface area contributed by atoms with Crippen molar-refractivity contribution in [2.24, 2.45) is 0 Å². The van der Waals surface area contributed by atoms with Gasteiger partial charge in [-0.05, 0) is 36.5 Å². The molecular weight excluding hydrogens is 238 g/mol. The van der Waals surface area contributed by atoms with Crippen LogP contribution in [-0.2, 0) is 0 Å². The molecule has 0 amide bonds. The van der Waals surface area contributed by atoms with Crippen LogP contribution in [0.4, 0.5) is 0 Å². The summed E-state index contributed by atoms with van der Waals surface area (Å²) in [6.45, 7) is 0. The minimum Gasteiger partial charge on any atom is -0.258 e. The van der Waals surface area contributed by atoms with Gasteiger partial charge in [0.1, 0.15) is 5.01 Å². The summed E-state index contributed by atoms with van der Waals surface area (Å²) in [5, 5.41) is 8.97. The van der Waals surface area contributed by atoms with E-state index in [1.54, 1.807) is 6.20 Å². The Kier molecular flexibility index (Phi) is 2.27. The standard InChI is InChI=1S/C11H7N3S2/c15-11-14-13-10(16-11)8-3-4-9-7(6-8)2-1-5-12-9/h1-6H,(H,14,15). The van der Waals surface area contributed by atoms with Gasteiger partial charge in [-0.2, -0.15) is 5.10 Å². The largest absolute Gasteiger partial charge is 0.258 e. The molecule has 3 nitrogen and oxygen atoms in total. The molecule has 0 spiro atoms. The molecule has 0 saturated heterocycles. The zero-order chi connectivity index (χ0) is 11.0. The van der Waals surface area contributed by atoms with E-state index in [0.29, 0.717) is 3.95 Å². The maximum absolute atomic E-state index is 5.02. The van der Waals surface area contributed by atoms with Crippen LogP contribution in [0.2, 0.25) is 0 Å². The van der Waals surface area contributed by atoms with E-state index in [0.717, 1.165) is 21.5 Å². The predicted molar refractivity (Wildman–Crippen MR) is 68.0 cm³/mol. The van der Waals surface area contributed by atoms with Gasteiger partial charge in [0.2, 0.25) is 0 Å². The highest BCUT2D eigenvalue weighted by molar-refractivity contribution is 7.73. The molecule has 2 heterocycles. The quantitative estimate of drug-likeness (QED) is 0.668. The smallest absolute Gasteiger partial charge is 0.176 e. The van der Waals surface area contributed by atoms with Gasteiger partial charge in [0.15, 0.2) is 3.95 Å². The minimum absolute atomic E-state index is 0.696. The number of pyridine rings is 1. The molecule has 1 aromatic carbocycles. The van der Waals surface area contributed by atoms with Crippen molar-refractivity contribution < 1.29 is 0 Å². The summed E-state index contributed by atoms with van der Waals surface area (Å²) in [5.74, 6) is 0. The van der Waals surface area contributed by atoms with E-state index in [2.05, 4.69) is 21.2 Å². The summed E-state index contributed by atoms with van der Waals surface area (Å²) in [7, 11) is 0. The van der Waals surface area contributed by atoms with Crippen molar-refractivity contribution in [2.75, 3.05) is 0 Å². The van der Waals surface area contributed by atoms with E-state index >= 15 is 0 Å². The highest BCUT2D eigenvalue weighted by Gasteiger charge is 2.03. The highest BCUT2D eigenvalue weighted by atomic mass is 32.1. The number of fused-ring (bicyclic) bond motifs is 1. The molecule has 0 unspecified atom stereocenters. The van der Waals surface area contributed by atoms with Gasteiger partial charge in [0.25, 0.3) is 0 Å². The van der Waals surface area contributed by atoms with Gasteiger partial charge in [-0.1, -0.05) is 17.4 Å². The van der Waals surface area contributed by atoms with Crippen molar-refractivity contribution in [3.63, 3.8) is 0 Å². The lowest BCUT2D eigenvalue weighted by Crippen LogP contribution is -1.80. The lowest BCUT2D eigenvalue weighted by atomic mass is 10.1. The predicted octanol–water partition coefficient (Wildman–Crippen LogP) is 3.42. The Labute approximate surface area is 101 Å². The van der Waals surface area contributed by atoms with Crippen LogP contribution in [0.5, 0.6) is 0 Å². The molecule has 0 radical (unpaired) electrons. The first-order valence-corrected chi connectivity index (χ1v) is 5.96. The molecule has 0 saturated carbocycles. The summed E-state index contributed by atoms with van der Waals surface area (Å²) in [5.41, 5.74) is 2.06. The van der Waals surface area contributed by atoms with E-state index in [4.69, 9.17) is 12.2 Å². The lowest BCUT2D eigenvalue weighted by Gasteiger charge is -1.98. The third kappa shape index (κ3) is 1.64. The van der Waals surface area contributed by atoms with Crippen molar-refractivity contribution in [3.05, 3.63) is 40.5 Å². The fourth-order valence-corrected chi connectivity index (χ4v) is 2.45. The van der Waals surface area contributed by atoms with E-state index in [1.807, 2.05) is 24.3 Å². The molecule has 0 aliphatic carbocycles. The number of nitrogens with zero attached hydrogens (tertiary/aromatic N) is 2. The number of hydrogen-bond donors (Lipinski definition) is 1. The molecule has 78 valence electrons. The second-order valence-corrected chi connectivity index (χ2v) is 4.99. The Bertz CT molecular complexity index is 699. The normalized spacial score (nSPS) is 10.8. The van der Waals surface area contributed by atoms with Crippen LogP contribution in [-0.4, -0.2) is 15.2 Å². The van der Waals surface area contributed by atoms with E-state index in [1.165, 1.54) is 11.3 Å². The molecule has 0 aliphatic rings. The number of aromatic amines is 1. The van der Waals surface area contributed by atoms with E-state index in [9.17, 15) is 0 Å². The molecular formula is C11H7N3S2. The fraction of sp³-hybridized carbons (Fsp3) is 0. The first-order chi connectivity index (χ1) is 7.83. The third-order valence-electron chi connectivity index (χ3n) is 2.29. The maximum Gasteiger partial charge on any atom is 0.176 e. The summed E-state index contributed by atoms with van der Waals surface area (Å²) in [6.07, 6.45) is 1.79. The summed E-state index contributed by atoms with van der Waals surface area (Å²) in [4.78, 5) is 4.28. The van der Waals surface area contributed by atoms with Crippen LogP contribution in [0.25, 0.3) is 21.5 Å². The van der Waals surface area contributed by atoms with Crippen LogP contribution in [0.3, 0.4) is 0 Å². The number of hydrogen-bond acceptors (Lipinski definition) is 4. The van der Waals surface area contributed by atoms with Crippen LogP contribution < -0.4 is 0 Å². The second-order valence-electron chi connectivity index (χ2n) is 3.33.